The summed E-state index contributed by atoms with van der Waals surface area (Å²) in [6, 6.07) is 0. The Kier molecular flexibility index (Phi) is 11.6. The van der Waals surface area contributed by atoms with Crippen molar-refractivity contribution in [1.29, 1.82) is 0 Å². The van der Waals surface area contributed by atoms with Gasteiger partial charge >= 0.3 is 9.53 Å². The monoisotopic (exact) mass is 248 g/mol. The van der Waals surface area contributed by atoms with E-state index in [0.717, 1.165) is 6.42 Å². The lowest BCUT2D eigenvalue weighted by Crippen LogP contribution is -2.31. The van der Waals surface area contributed by atoms with Crippen molar-refractivity contribution in [1.82, 2.24) is 0 Å². The Balaban J connectivity index is 3.59. The second kappa shape index (κ2) is 11.6. The van der Waals surface area contributed by atoms with E-state index in [1.54, 1.807) is 0 Å². The van der Waals surface area contributed by atoms with Crippen molar-refractivity contribution < 1.29 is 13.3 Å². The largest absolute Gasteiger partial charge is 0.484 e. The van der Waals surface area contributed by atoms with Gasteiger partial charge < -0.3 is 13.3 Å². The molecule has 1 unspecified atom stereocenters. The van der Waals surface area contributed by atoms with E-state index in [1.807, 2.05) is 13.8 Å². The van der Waals surface area contributed by atoms with E-state index >= 15 is 0 Å². The Morgan fingerprint density at radius 2 is 1.56 bits per heavy atom. The van der Waals surface area contributed by atoms with Gasteiger partial charge in [-0.1, -0.05) is 32.6 Å². The normalized spacial score (nSPS) is 13.3. The van der Waals surface area contributed by atoms with Crippen LogP contribution in [0.15, 0.2) is 0 Å². The average Bonchev–Trinajstić information content (AvgIpc) is 2.25. The smallest absolute Gasteiger partial charge is 0.376 e. The van der Waals surface area contributed by atoms with Crippen molar-refractivity contribution in [3.8, 4) is 0 Å². The van der Waals surface area contributed by atoms with E-state index in [2.05, 4.69) is 13.8 Å². The van der Waals surface area contributed by atoms with Crippen LogP contribution < -0.4 is 0 Å². The lowest BCUT2D eigenvalue weighted by molar-refractivity contribution is 0.0659. The SMILES string of the molecule is CCCCCCC(C)O[SiH](OCC)OCC. The predicted octanol–water partition coefficient (Wildman–Crippen LogP) is 3.15. The standard InChI is InChI=1S/C12H28O3Si/c1-5-8-9-10-11-12(4)15-16(13-6-2)14-7-3/h12,16H,5-11H2,1-4H3. The van der Waals surface area contributed by atoms with Crippen LogP contribution in [0, 0.1) is 0 Å². The quantitative estimate of drug-likeness (QED) is 0.415. The summed E-state index contributed by atoms with van der Waals surface area (Å²) >= 11 is 0. The van der Waals surface area contributed by atoms with E-state index in [-0.39, 0.29) is 6.10 Å². The van der Waals surface area contributed by atoms with Gasteiger partial charge in [-0.2, -0.15) is 0 Å². The molecule has 0 spiro atoms. The summed E-state index contributed by atoms with van der Waals surface area (Å²) in [6.45, 7) is 9.67. The third kappa shape index (κ3) is 9.33. The molecule has 3 nitrogen and oxygen atoms in total. The van der Waals surface area contributed by atoms with Crippen molar-refractivity contribution in [3.63, 3.8) is 0 Å². The molecule has 0 fully saturated rings. The lowest BCUT2D eigenvalue weighted by Gasteiger charge is -2.19. The predicted molar refractivity (Wildman–Crippen MR) is 69.7 cm³/mol. The van der Waals surface area contributed by atoms with E-state index in [9.17, 15) is 0 Å². The van der Waals surface area contributed by atoms with Crippen molar-refractivity contribution in [2.24, 2.45) is 0 Å². The first kappa shape index (κ1) is 16.1. The number of rotatable bonds is 11. The zero-order valence-electron chi connectivity index (χ0n) is 11.3. The summed E-state index contributed by atoms with van der Waals surface area (Å²) in [5.41, 5.74) is 0. The van der Waals surface area contributed by atoms with Crippen molar-refractivity contribution in [2.45, 2.75) is 65.9 Å². The highest BCUT2D eigenvalue weighted by Gasteiger charge is 2.17. The van der Waals surface area contributed by atoms with Crippen LogP contribution in [-0.4, -0.2) is 28.8 Å². The maximum absolute atomic E-state index is 5.81. The Morgan fingerprint density at radius 1 is 0.938 bits per heavy atom. The Morgan fingerprint density at radius 3 is 2.06 bits per heavy atom. The molecule has 0 aliphatic rings. The van der Waals surface area contributed by atoms with E-state index in [1.165, 1.54) is 25.7 Å². The maximum atomic E-state index is 5.81. The first-order valence-corrected chi connectivity index (χ1v) is 8.04. The molecular formula is C12H28O3Si. The zero-order chi connectivity index (χ0) is 12.2. The van der Waals surface area contributed by atoms with Crippen LogP contribution in [0.2, 0.25) is 0 Å². The van der Waals surface area contributed by atoms with Crippen LogP contribution in [0.25, 0.3) is 0 Å². The molecule has 98 valence electrons. The van der Waals surface area contributed by atoms with E-state index in [4.69, 9.17) is 13.3 Å². The minimum absolute atomic E-state index is 0.270. The van der Waals surface area contributed by atoms with Crippen LogP contribution >= 0.6 is 0 Å². The summed E-state index contributed by atoms with van der Waals surface area (Å²) in [6.07, 6.45) is 6.54. The molecule has 0 aliphatic heterocycles. The summed E-state index contributed by atoms with van der Waals surface area (Å²) in [4.78, 5) is 0. The molecule has 16 heavy (non-hydrogen) atoms. The molecule has 0 aromatic heterocycles. The first-order valence-electron chi connectivity index (χ1n) is 6.63. The molecule has 0 N–H and O–H groups in total. The molecule has 0 amide bonds. The van der Waals surface area contributed by atoms with E-state index < -0.39 is 9.53 Å². The molecule has 0 saturated carbocycles. The molecule has 0 rings (SSSR count). The average molecular weight is 248 g/mol. The van der Waals surface area contributed by atoms with Gasteiger partial charge in [0.1, 0.15) is 0 Å². The molecule has 0 bridgehead atoms. The third-order valence-corrected chi connectivity index (χ3v) is 4.31. The van der Waals surface area contributed by atoms with Crippen LogP contribution in [0.3, 0.4) is 0 Å². The topological polar surface area (TPSA) is 27.7 Å². The minimum Gasteiger partial charge on any atom is -0.376 e. The summed E-state index contributed by atoms with van der Waals surface area (Å²) in [5, 5.41) is 0. The molecule has 0 aromatic rings. The van der Waals surface area contributed by atoms with Gasteiger partial charge in [0.15, 0.2) is 0 Å². The number of hydrogen-bond donors (Lipinski definition) is 0. The fraction of sp³-hybridized carbons (Fsp3) is 1.00. The second-order valence-electron chi connectivity index (χ2n) is 4.00. The molecule has 0 aliphatic carbocycles. The van der Waals surface area contributed by atoms with Crippen LogP contribution in [-0.2, 0) is 13.3 Å². The van der Waals surface area contributed by atoms with Crippen LogP contribution in [0.1, 0.15) is 59.8 Å². The fourth-order valence-corrected chi connectivity index (χ4v) is 2.83. The van der Waals surface area contributed by atoms with Gasteiger partial charge in [-0.15, -0.1) is 0 Å². The second-order valence-corrected chi connectivity index (χ2v) is 5.51. The van der Waals surface area contributed by atoms with Gasteiger partial charge in [0.05, 0.1) is 0 Å². The number of hydrogen-bond acceptors (Lipinski definition) is 3. The summed E-state index contributed by atoms with van der Waals surface area (Å²) in [7, 11) is -1.85. The Hall–Kier alpha value is 0.0969. The fourth-order valence-electron chi connectivity index (χ4n) is 1.52. The van der Waals surface area contributed by atoms with Crippen molar-refractivity contribution in [2.75, 3.05) is 13.2 Å². The lowest BCUT2D eigenvalue weighted by atomic mass is 10.1. The molecule has 0 radical (unpaired) electrons. The maximum Gasteiger partial charge on any atom is 0.484 e. The molecule has 0 saturated heterocycles. The van der Waals surface area contributed by atoms with E-state index in [0.29, 0.717) is 13.2 Å². The van der Waals surface area contributed by atoms with Gasteiger partial charge in [-0.3, -0.25) is 0 Å². The highest BCUT2D eigenvalue weighted by atomic mass is 28.3. The molecule has 0 aromatic carbocycles. The summed E-state index contributed by atoms with van der Waals surface area (Å²) in [5.74, 6) is 0. The van der Waals surface area contributed by atoms with Crippen molar-refractivity contribution >= 4 is 9.53 Å². The highest BCUT2D eigenvalue weighted by Crippen LogP contribution is 2.09. The van der Waals surface area contributed by atoms with Gasteiger partial charge in [-0.05, 0) is 27.2 Å². The van der Waals surface area contributed by atoms with Gasteiger partial charge in [0.2, 0.25) is 0 Å². The number of unbranched alkanes of at least 4 members (excludes halogenated alkanes) is 3. The van der Waals surface area contributed by atoms with Crippen molar-refractivity contribution in [3.05, 3.63) is 0 Å². The van der Waals surface area contributed by atoms with Gasteiger partial charge in [-0.25, -0.2) is 0 Å². The molecule has 0 heterocycles. The highest BCUT2D eigenvalue weighted by molar-refractivity contribution is 6.36. The van der Waals surface area contributed by atoms with Crippen LogP contribution in [0.5, 0.6) is 0 Å². The first-order chi connectivity index (χ1) is 7.74. The molecule has 1 atom stereocenters. The molecule has 4 heteroatoms. The third-order valence-electron chi connectivity index (χ3n) is 2.41. The molecular weight excluding hydrogens is 220 g/mol. The van der Waals surface area contributed by atoms with Crippen LogP contribution in [0.4, 0.5) is 0 Å². The van der Waals surface area contributed by atoms with Gasteiger partial charge in [0, 0.05) is 19.3 Å². The zero-order valence-corrected chi connectivity index (χ0v) is 12.5. The van der Waals surface area contributed by atoms with Gasteiger partial charge in [0.25, 0.3) is 0 Å². The minimum atomic E-state index is -1.85. The Labute approximate surface area is 102 Å². The Bertz CT molecular complexity index is 138. The summed E-state index contributed by atoms with van der Waals surface area (Å²) < 4.78 is 16.8.